The van der Waals surface area contributed by atoms with Gasteiger partial charge in [0.25, 0.3) is 0 Å². The van der Waals surface area contributed by atoms with E-state index in [0.29, 0.717) is 19.6 Å². The third-order valence-electron chi connectivity index (χ3n) is 6.04. The number of para-hydroxylation sites is 1. The van der Waals surface area contributed by atoms with Crippen molar-refractivity contribution in [2.24, 2.45) is 5.92 Å². The Morgan fingerprint density at radius 2 is 1.70 bits per heavy atom. The quantitative estimate of drug-likeness (QED) is 0.824. The molecule has 2 aliphatic rings. The first-order valence-electron chi connectivity index (χ1n) is 10.7. The van der Waals surface area contributed by atoms with Crippen molar-refractivity contribution in [1.29, 1.82) is 0 Å². The van der Waals surface area contributed by atoms with Crippen molar-refractivity contribution < 1.29 is 14.0 Å². The Morgan fingerprint density at radius 1 is 0.933 bits per heavy atom. The highest BCUT2D eigenvalue weighted by atomic mass is 19.1. The molecular weight excluding hydrogens is 381 g/mol. The fourth-order valence-corrected chi connectivity index (χ4v) is 4.40. The summed E-state index contributed by atoms with van der Waals surface area (Å²) in [5.41, 5.74) is 1.87. The van der Waals surface area contributed by atoms with Crippen LogP contribution in [0.2, 0.25) is 0 Å². The molecule has 2 amide bonds. The first-order chi connectivity index (χ1) is 14.6. The minimum Gasteiger partial charge on any atom is -0.380 e. The molecule has 5 nitrogen and oxygen atoms in total. The van der Waals surface area contributed by atoms with Gasteiger partial charge in [-0.15, -0.1) is 0 Å². The van der Waals surface area contributed by atoms with Gasteiger partial charge in [-0.2, -0.15) is 0 Å². The molecule has 0 bridgehead atoms. The molecule has 2 heterocycles. The van der Waals surface area contributed by atoms with Crippen molar-refractivity contribution in [1.82, 2.24) is 9.80 Å². The number of nitrogens with one attached hydrogen (secondary N) is 1. The molecule has 0 spiro atoms. The highest BCUT2D eigenvalue weighted by Crippen LogP contribution is 2.23. The summed E-state index contributed by atoms with van der Waals surface area (Å²) in [5, 5.41) is 3.50. The first kappa shape index (κ1) is 20.4. The third kappa shape index (κ3) is 4.99. The lowest BCUT2D eigenvalue weighted by Gasteiger charge is -2.34. The number of piperidine rings is 1. The van der Waals surface area contributed by atoms with Crippen LogP contribution in [0.3, 0.4) is 0 Å². The summed E-state index contributed by atoms with van der Waals surface area (Å²) in [6, 6.07) is 16.4. The second-order valence-corrected chi connectivity index (χ2v) is 8.26. The molecule has 1 N–H and O–H groups in total. The van der Waals surface area contributed by atoms with E-state index in [1.54, 1.807) is 17.0 Å². The summed E-state index contributed by atoms with van der Waals surface area (Å²) in [4.78, 5) is 29.5. The van der Waals surface area contributed by atoms with Gasteiger partial charge < -0.3 is 15.1 Å². The summed E-state index contributed by atoms with van der Waals surface area (Å²) < 4.78 is 13.1. The lowest BCUT2D eigenvalue weighted by molar-refractivity contribution is -0.139. The van der Waals surface area contributed by atoms with E-state index in [-0.39, 0.29) is 36.0 Å². The Morgan fingerprint density at radius 3 is 2.47 bits per heavy atom. The van der Waals surface area contributed by atoms with E-state index < -0.39 is 0 Å². The van der Waals surface area contributed by atoms with Gasteiger partial charge >= 0.3 is 0 Å². The zero-order valence-electron chi connectivity index (χ0n) is 17.1. The van der Waals surface area contributed by atoms with E-state index >= 15 is 0 Å². The average Bonchev–Trinajstić information content (AvgIpc) is 3.24. The minimum absolute atomic E-state index is 0.00384. The molecule has 2 aromatic carbocycles. The van der Waals surface area contributed by atoms with Gasteiger partial charge in [-0.1, -0.05) is 30.3 Å². The van der Waals surface area contributed by atoms with Crippen LogP contribution in [-0.4, -0.2) is 53.8 Å². The van der Waals surface area contributed by atoms with Crippen molar-refractivity contribution in [3.63, 3.8) is 0 Å². The lowest BCUT2D eigenvalue weighted by Crippen LogP contribution is -2.47. The lowest BCUT2D eigenvalue weighted by atomic mass is 9.96. The molecule has 2 saturated heterocycles. The minimum atomic E-state index is -0.305. The molecule has 4 rings (SSSR count). The number of benzene rings is 2. The first-order valence-corrected chi connectivity index (χ1v) is 10.7. The molecule has 2 fully saturated rings. The summed E-state index contributed by atoms with van der Waals surface area (Å²) in [7, 11) is 0. The summed E-state index contributed by atoms with van der Waals surface area (Å²) in [5.74, 6) is -0.275. The van der Waals surface area contributed by atoms with Gasteiger partial charge in [-0.3, -0.25) is 9.59 Å². The van der Waals surface area contributed by atoms with Crippen LogP contribution < -0.4 is 5.32 Å². The smallest absolute Gasteiger partial charge is 0.227 e. The number of amides is 2. The van der Waals surface area contributed by atoms with Crippen molar-refractivity contribution in [2.45, 2.75) is 31.7 Å². The maximum Gasteiger partial charge on any atom is 0.227 e. The van der Waals surface area contributed by atoms with E-state index in [0.717, 1.165) is 37.1 Å². The number of likely N-dealkylation sites (tertiary alicyclic amines) is 2. The van der Waals surface area contributed by atoms with E-state index in [2.05, 4.69) is 5.32 Å². The summed E-state index contributed by atoms with van der Waals surface area (Å²) >= 11 is 0. The molecule has 6 heteroatoms. The maximum absolute atomic E-state index is 13.1. The Bertz CT molecular complexity index is 872. The fourth-order valence-electron chi connectivity index (χ4n) is 4.40. The zero-order valence-corrected chi connectivity index (χ0v) is 17.1. The molecule has 2 unspecified atom stereocenters. The third-order valence-corrected chi connectivity index (χ3v) is 6.04. The number of anilines is 1. The fraction of sp³-hybridized carbons (Fsp3) is 0.417. The van der Waals surface area contributed by atoms with Crippen molar-refractivity contribution in [3.8, 4) is 0 Å². The van der Waals surface area contributed by atoms with Crippen molar-refractivity contribution in [2.75, 3.05) is 31.5 Å². The molecule has 0 aliphatic carbocycles. The van der Waals surface area contributed by atoms with Gasteiger partial charge in [0.15, 0.2) is 0 Å². The number of nitrogens with zero attached hydrogens (tertiary/aromatic N) is 2. The van der Waals surface area contributed by atoms with Crippen LogP contribution in [-0.2, 0) is 16.0 Å². The number of carbonyl (C=O) groups excluding carboxylic acids is 2. The van der Waals surface area contributed by atoms with Crippen LogP contribution in [0.5, 0.6) is 0 Å². The molecule has 30 heavy (non-hydrogen) atoms. The number of halogens is 1. The van der Waals surface area contributed by atoms with Gasteiger partial charge in [-0.05, 0) is 49.1 Å². The molecule has 0 aromatic heterocycles. The van der Waals surface area contributed by atoms with Gasteiger partial charge in [0.2, 0.25) is 11.8 Å². The van der Waals surface area contributed by atoms with E-state index in [9.17, 15) is 14.0 Å². The number of hydrogen-bond donors (Lipinski definition) is 1. The molecule has 2 aliphatic heterocycles. The molecule has 0 saturated carbocycles. The van der Waals surface area contributed by atoms with Gasteiger partial charge in [0, 0.05) is 37.9 Å². The predicted octanol–water partition coefficient (Wildman–Crippen LogP) is 3.32. The zero-order chi connectivity index (χ0) is 20.9. The number of hydrogen-bond acceptors (Lipinski definition) is 3. The molecule has 2 aromatic rings. The van der Waals surface area contributed by atoms with E-state index in [1.165, 1.54) is 12.1 Å². The van der Waals surface area contributed by atoms with Crippen LogP contribution in [0.1, 0.15) is 24.8 Å². The van der Waals surface area contributed by atoms with Gasteiger partial charge in [-0.25, -0.2) is 4.39 Å². The highest BCUT2D eigenvalue weighted by Gasteiger charge is 2.34. The summed E-state index contributed by atoms with van der Waals surface area (Å²) in [6.07, 6.45) is 2.84. The van der Waals surface area contributed by atoms with Crippen LogP contribution in [0, 0.1) is 11.7 Å². The Balaban J connectivity index is 1.30. The number of carbonyl (C=O) groups is 2. The molecule has 2 atom stereocenters. The molecule has 158 valence electrons. The second-order valence-electron chi connectivity index (χ2n) is 8.26. The van der Waals surface area contributed by atoms with Crippen LogP contribution in [0.25, 0.3) is 0 Å². The van der Waals surface area contributed by atoms with Crippen molar-refractivity contribution in [3.05, 3.63) is 66.0 Å². The topological polar surface area (TPSA) is 52.7 Å². The van der Waals surface area contributed by atoms with Crippen LogP contribution in [0.4, 0.5) is 10.1 Å². The summed E-state index contributed by atoms with van der Waals surface area (Å²) in [6.45, 7) is 2.62. The van der Waals surface area contributed by atoms with Crippen LogP contribution >= 0.6 is 0 Å². The second kappa shape index (κ2) is 9.28. The largest absolute Gasteiger partial charge is 0.380 e. The SMILES string of the molecule is O=C(Cc1ccc(F)cc1)N1CCCC(C(=O)N2CCC(Nc3ccccc3)C2)C1. The van der Waals surface area contributed by atoms with Gasteiger partial charge in [0.05, 0.1) is 12.3 Å². The maximum atomic E-state index is 13.1. The number of rotatable bonds is 5. The Labute approximate surface area is 176 Å². The van der Waals surface area contributed by atoms with Crippen molar-refractivity contribution >= 4 is 17.5 Å². The predicted molar refractivity (Wildman–Crippen MR) is 114 cm³/mol. The van der Waals surface area contributed by atoms with Crippen LogP contribution in [0.15, 0.2) is 54.6 Å². The highest BCUT2D eigenvalue weighted by molar-refractivity contribution is 5.82. The van der Waals surface area contributed by atoms with Gasteiger partial charge in [0.1, 0.15) is 5.82 Å². The monoisotopic (exact) mass is 409 g/mol. The van der Waals surface area contributed by atoms with E-state index in [1.807, 2.05) is 35.2 Å². The average molecular weight is 410 g/mol. The standard InChI is InChI=1S/C24H28FN3O2/c25-20-10-8-18(9-11-20)15-23(29)27-13-4-5-19(16-27)24(30)28-14-12-22(17-28)26-21-6-2-1-3-7-21/h1-3,6-11,19,22,26H,4-5,12-17H2. The van der Waals surface area contributed by atoms with E-state index in [4.69, 9.17) is 0 Å². The Hall–Kier alpha value is -2.89. The molecule has 0 radical (unpaired) electrons. The molecular formula is C24H28FN3O2. The normalized spacial score (nSPS) is 21.5. The Kier molecular flexibility index (Phi) is 6.31.